The predicted molar refractivity (Wildman–Crippen MR) is 78.6 cm³/mol. The molecule has 0 radical (unpaired) electrons. The van der Waals surface area contributed by atoms with E-state index in [-0.39, 0.29) is 28.8 Å². The monoisotopic (exact) mass is 312 g/mol. The van der Waals surface area contributed by atoms with Gasteiger partial charge in [-0.1, -0.05) is 18.5 Å². The van der Waals surface area contributed by atoms with Crippen molar-refractivity contribution in [3.63, 3.8) is 0 Å². The summed E-state index contributed by atoms with van der Waals surface area (Å²) >= 11 is 5.87. The van der Waals surface area contributed by atoms with Crippen LogP contribution in [0.1, 0.15) is 30.6 Å². The normalized spacial score (nSPS) is 22.1. The van der Waals surface area contributed by atoms with Gasteiger partial charge < -0.3 is 9.64 Å². The van der Waals surface area contributed by atoms with Crippen molar-refractivity contribution in [2.45, 2.75) is 32.4 Å². The first-order valence-corrected chi connectivity index (χ1v) is 7.18. The van der Waals surface area contributed by atoms with Gasteiger partial charge in [0.25, 0.3) is 11.6 Å². The summed E-state index contributed by atoms with van der Waals surface area (Å²) in [5.74, 6) is -0.172. The number of carbonyl (C=O) groups excluding carboxylic acids is 1. The second kappa shape index (κ2) is 6.41. The van der Waals surface area contributed by atoms with Crippen LogP contribution >= 0.6 is 11.6 Å². The number of nitro benzene ring substituents is 1. The molecule has 1 amide bonds. The number of carbonyl (C=O) groups is 1. The lowest BCUT2D eigenvalue weighted by Crippen LogP contribution is -2.51. The molecule has 7 heteroatoms. The average Bonchev–Trinajstić information content (AvgIpc) is 2.45. The van der Waals surface area contributed by atoms with Crippen LogP contribution in [0.3, 0.4) is 0 Å². The zero-order chi connectivity index (χ0) is 15.6. The van der Waals surface area contributed by atoms with Crippen molar-refractivity contribution >= 4 is 23.2 Å². The SMILES string of the molecule is CCC1COC(C)CN1C(=O)c1ccc([N+](=O)[O-])c(Cl)c1. The summed E-state index contributed by atoms with van der Waals surface area (Å²) in [5.41, 5.74) is 0.161. The van der Waals surface area contributed by atoms with E-state index in [4.69, 9.17) is 16.3 Å². The molecule has 1 aliphatic rings. The molecular formula is C14H17ClN2O4. The van der Waals surface area contributed by atoms with Gasteiger partial charge in [0.05, 0.1) is 23.7 Å². The molecule has 0 aromatic heterocycles. The van der Waals surface area contributed by atoms with E-state index in [0.29, 0.717) is 18.7 Å². The molecule has 0 saturated carbocycles. The van der Waals surface area contributed by atoms with E-state index in [9.17, 15) is 14.9 Å². The lowest BCUT2D eigenvalue weighted by Gasteiger charge is -2.38. The van der Waals surface area contributed by atoms with E-state index in [1.54, 1.807) is 4.90 Å². The molecule has 1 fully saturated rings. The Kier molecular flexibility index (Phi) is 4.80. The number of benzene rings is 1. The van der Waals surface area contributed by atoms with Crippen LogP contribution < -0.4 is 0 Å². The van der Waals surface area contributed by atoms with E-state index in [1.807, 2.05) is 13.8 Å². The highest BCUT2D eigenvalue weighted by Crippen LogP contribution is 2.26. The smallest absolute Gasteiger partial charge is 0.287 e. The van der Waals surface area contributed by atoms with E-state index < -0.39 is 4.92 Å². The minimum atomic E-state index is -0.567. The van der Waals surface area contributed by atoms with Crippen LogP contribution in [-0.2, 0) is 4.74 Å². The van der Waals surface area contributed by atoms with Gasteiger partial charge >= 0.3 is 0 Å². The van der Waals surface area contributed by atoms with Gasteiger partial charge in [-0.3, -0.25) is 14.9 Å². The third-order valence-electron chi connectivity index (χ3n) is 3.59. The van der Waals surface area contributed by atoms with E-state index in [2.05, 4.69) is 0 Å². The second-order valence-electron chi connectivity index (χ2n) is 5.09. The van der Waals surface area contributed by atoms with Crippen molar-refractivity contribution in [3.05, 3.63) is 38.9 Å². The summed E-state index contributed by atoms with van der Waals surface area (Å²) in [5, 5.41) is 10.7. The number of hydrogen-bond donors (Lipinski definition) is 0. The summed E-state index contributed by atoms with van der Waals surface area (Å²) in [4.78, 5) is 24.5. The Labute approximate surface area is 127 Å². The molecule has 2 rings (SSSR count). The molecule has 6 nitrogen and oxygen atoms in total. The van der Waals surface area contributed by atoms with E-state index in [0.717, 1.165) is 6.42 Å². The molecule has 2 unspecified atom stereocenters. The summed E-state index contributed by atoms with van der Waals surface area (Å²) in [6, 6.07) is 4.08. The number of amides is 1. The largest absolute Gasteiger partial charge is 0.375 e. The number of nitro groups is 1. The molecule has 1 aromatic rings. The first-order valence-electron chi connectivity index (χ1n) is 6.80. The van der Waals surface area contributed by atoms with Gasteiger partial charge in [0, 0.05) is 18.2 Å². The van der Waals surface area contributed by atoms with Crippen LogP contribution in [0.25, 0.3) is 0 Å². The van der Waals surface area contributed by atoms with Crippen LogP contribution in [0, 0.1) is 10.1 Å². The maximum absolute atomic E-state index is 12.6. The van der Waals surface area contributed by atoms with Gasteiger partial charge in [-0.15, -0.1) is 0 Å². The first kappa shape index (κ1) is 15.7. The lowest BCUT2D eigenvalue weighted by atomic mass is 10.1. The van der Waals surface area contributed by atoms with Crippen LogP contribution in [0.4, 0.5) is 5.69 Å². The average molecular weight is 313 g/mol. The first-order chi connectivity index (χ1) is 9.93. The van der Waals surface area contributed by atoms with Crippen molar-refractivity contribution in [3.8, 4) is 0 Å². The highest BCUT2D eigenvalue weighted by molar-refractivity contribution is 6.33. The van der Waals surface area contributed by atoms with Gasteiger partial charge in [-0.05, 0) is 25.5 Å². The molecule has 1 saturated heterocycles. The Morgan fingerprint density at radius 2 is 2.29 bits per heavy atom. The molecule has 0 N–H and O–H groups in total. The number of nitrogens with zero attached hydrogens (tertiary/aromatic N) is 2. The molecule has 0 bridgehead atoms. The molecule has 114 valence electrons. The van der Waals surface area contributed by atoms with Gasteiger partial charge in [0.15, 0.2) is 0 Å². The zero-order valence-corrected chi connectivity index (χ0v) is 12.7. The Balaban J connectivity index is 2.26. The minimum absolute atomic E-state index is 0.0164. The van der Waals surface area contributed by atoms with Crippen LogP contribution in [0.5, 0.6) is 0 Å². The van der Waals surface area contributed by atoms with Crippen molar-refractivity contribution in [2.75, 3.05) is 13.2 Å². The minimum Gasteiger partial charge on any atom is -0.375 e. The van der Waals surface area contributed by atoms with Crippen molar-refractivity contribution in [2.24, 2.45) is 0 Å². The fraction of sp³-hybridized carbons (Fsp3) is 0.500. The molecule has 2 atom stereocenters. The molecule has 21 heavy (non-hydrogen) atoms. The number of ether oxygens (including phenoxy) is 1. The van der Waals surface area contributed by atoms with Gasteiger partial charge in [0.1, 0.15) is 5.02 Å². The standard InChI is InChI=1S/C14H17ClN2O4/c1-3-11-8-21-9(2)7-16(11)14(18)10-4-5-13(17(19)20)12(15)6-10/h4-6,9,11H,3,7-8H2,1-2H3. The molecule has 1 heterocycles. The highest BCUT2D eigenvalue weighted by Gasteiger charge is 2.30. The Morgan fingerprint density at radius 1 is 1.57 bits per heavy atom. The maximum Gasteiger partial charge on any atom is 0.287 e. The number of halogens is 1. The van der Waals surface area contributed by atoms with Gasteiger partial charge in [-0.25, -0.2) is 0 Å². The van der Waals surface area contributed by atoms with Crippen LogP contribution in [0.2, 0.25) is 5.02 Å². The quantitative estimate of drug-likeness (QED) is 0.635. The molecule has 0 aliphatic carbocycles. The van der Waals surface area contributed by atoms with Gasteiger partial charge in [-0.2, -0.15) is 0 Å². The molecule has 1 aliphatic heterocycles. The number of hydrogen-bond acceptors (Lipinski definition) is 4. The Hall–Kier alpha value is -1.66. The van der Waals surface area contributed by atoms with Crippen molar-refractivity contribution in [1.29, 1.82) is 0 Å². The summed E-state index contributed by atoms with van der Waals surface area (Å²) < 4.78 is 5.56. The van der Waals surface area contributed by atoms with Crippen molar-refractivity contribution < 1.29 is 14.5 Å². The van der Waals surface area contributed by atoms with Crippen LogP contribution in [-0.4, -0.2) is 41.0 Å². The predicted octanol–water partition coefficient (Wildman–Crippen LogP) is 2.89. The second-order valence-corrected chi connectivity index (χ2v) is 5.49. The van der Waals surface area contributed by atoms with E-state index >= 15 is 0 Å². The molecule has 0 spiro atoms. The third kappa shape index (κ3) is 3.33. The summed E-state index contributed by atoms with van der Waals surface area (Å²) in [6.45, 7) is 4.91. The van der Waals surface area contributed by atoms with Crippen molar-refractivity contribution in [1.82, 2.24) is 4.90 Å². The number of rotatable bonds is 3. The fourth-order valence-electron chi connectivity index (χ4n) is 2.38. The lowest BCUT2D eigenvalue weighted by molar-refractivity contribution is -0.384. The molecule has 1 aromatic carbocycles. The Bertz CT molecular complexity index is 564. The maximum atomic E-state index is 12.6. The highest BCUT2D eigenvalue weighted by atomic mass is 35.5. The van der Waals surface area contributed by atoms with E-state index in [1.165, 1.54) is 18.2 Å². The summed E-state index contributed by atoms with van der Waals surface area (Å²) in [7, 11) is 0. The fourth-order valence-corrected chi connectivity index (χ4v) is 2.63. The summed E-state index contributed by atoms with van der Waals surface area (Å²) in [6.07, 6.45) is 0.768. The third-order valence-corrected chi connectivity index (χ3v) is 3.89. The van der Waals surface area contributed by atoms with Crippen LogP contribution in [0.15, 0.2) is 18.2 Å². The zero-order valence-electron chi connectivity index (χ0n) is 11.9. The molecular weight excluding hydrogens is 296 g/mol. The topological polar surface area (TPSA) is 72.7 Å². The Morgan fingerprint density at radius 3 is 2.86 bits per heavy atom. The van der Waals surface area contributed by atoms with Gasteiger partial charge in [0.2, 0.25) is 0 Å². The number of morpholine rings is 1.